The first kappa shape index (κ1) is 17.7. The van der Waals surface area contributed by atoms with Crippen LogP contribution in [0, 0.1) is 0 Å². The van der Waals surface area contributed by atoms with Crippen molar-refractivity contribution >= 4 is 23.5 Å². The molecule has 0 unspecified atom stereocenters. The molecule has 0 aliphatic heterocycles. The number of hydrogen-bond donors (Lipinski definition) is 3. The number of primary amides is 1. The predicted octanol–water partition coefficient (Wildman–Crippen LogP) is 2.19. The van der Waals surface area contributed by atoms with Crippen molar-refractivity contribution in [3.05, 3.63) is 64.9 Å². The van der Waals surface area contributed by atoms with Gasteiger partial charge in [0.1, 0.15) is 0 Å². The third-order valence-electron chi connectivity index (χ3n) is 3.42. The van der Waals surface area contributed by atoms with E-state index in [4.69, 9.17) is 17.3 Å². The van der Waals surface area contributed by atoms with Crippen molar-refractivity contribution in [1.29, 1.82) is 0 Å². The molecule has 2 rings (SSSR count). The molecule has 0 aliphatic rings. The second kappa shape index (κ2) is 8.88. The lowest BCUT2D eigenvalue weighted by Gasteiger charge is -2.19. The van der Waals surface area contributed by atoms with Crippen LogP contribution in [0.1, 0.15) is 23.7 Å². The Kier molecular flexibility index (Phi) is 6.57. The zero-order valence-corrected chi connectivity index (χ0v) is 13.8. The maximum Gasteiger partial charge on any atom is 0.312 e. The van der Waals surface area contributed by atoms with Gasteiger partial charge in [0.05, 0.1) is 12.5 Å². The molecule has 0 bridgehead atoms. The molecule has 24 heavy (non-hydrogen) atoms. The number of halogens is 1. The highest BCUT2D eigenvalue weighted by Gasteiger charge is 2.19. The predicted molar refractivity (Wildman–Crippen MR) is 92.5 cm³/mol. The van der Waals surface area contributed by atoms with Gasteiger partial charge >= 0.3 is 6.03 Å². The number of benzene rings is 1. The minimum absolute atomic E-state index is 0.0505. The molecular formula is C17H19ClN4O2. The Morgan fingerprint density at radius 1 is 1.17 bits per heavy atom. The van der Waals surface area contributed by atoms with E-state index < -0.39 is 12.1 Å². The minimum Gasteiger partial charge on any atom is -0.356 e. The number of pyridine rings is 1. The molecule has 0 saturated heterocycles. The van der Waals surface area contributed by atoms with E-state index >= 15 is 0 Å². The molecule has 0 fully saturated rings. The van der Waals surface area contributed by atoms with Crippen LogP contribution < -0.4 is 16.4 Å². The first-order valence-electron chi connectivity index (χ1n) is 7.53. The summed E-state index contributed by atoms with van der Waals surface area (Å²) in [6.07, 6.45) is 2.39. The first-order valence-corrected chi connectivity index (χ1v) is 7.91. The standard InChI is InChI=1S/C17H19ClN4O2/c18-14-7-2-1-6-13(14)15(22-17(19)24)11-16(23)21-10-8-12-5-3-4-9-20-12/h1-7,9,15H,8,10-11H2,(H,21,23)(H3,19,22,24)/t15-/m0/s1. The molecule has 1 heterocycles. The van der Waals surface area contributed by atoms with Crippen LogP contribution >= 0.6 is 11.6 Å². The van der Waals surface area contributed by atoms with Crippen LogP contribution in [0.25, 0.3) is 0 Å². The summed E-state index contributed by atoms with van der Waals surface area (Å²) in [5, 5.41) is 5.84. The summed E-state index contributed by atoms with van der Waals surface area (Å²) >= 11 is 6.14. The SMILES string of the molecule is NC(=O)N[C@@H](CC(=O)NCCc1ccccn1)c1ccccc1Cl. The maximum absolute atomic E-state index is 12.1. The van der Waals surface area contributed by atoms with Gasteiger partial charge in [-0.3, -0.25) is 9.78 Å². The Morgan fingerprint density at radius 3 is 2.58 bits per heavy atom. The van der Waals surface area contributed by atoms with Gasteiger partial charge in [0.15, 0.2) is 0 Å². The zero-order valence-electron chi connectivity index (χ0n) is 13.0. The Labute approximate surface area is 145 Å². The smallest absolute Gasteiger partial charge is 0.312 e. The van der Waals surface area contributed by atoms with Crippen molar-refractivity contribution in [3.63, 3.8) is 0 Å². The fraction of sp³-hybridized carbons (Fsp3) is 0.235. The van der Waals surface area contributed by atoms with Crippen LogP contribution in [-0.4, -0.2) is 23.5 Å². The van der Waals surface area contributed by atoms with Crippen molar-refractivity contribution in [2.24, 2.45) is 5.73 Å². The highest BCUT2D eigenvalue weighted by Crippen LogP contribution is 2.24. The van der Waals surface area contributed by atoms with Crippen LogP contribution in [0.4, 0.5) is 4.79 Å². The average Bonchev–Trinajstić information content (AvgIpc) is 2.55. The molecule has 1 atom stereocenters. The van der Waals surface area contributed by atoms with Crippen molar-refractivity contribution in [3.8, 4) is 0 Å². The van der Waals surface area contributed by atoms with E-state index in [-0.39, 0.29) is 12.3 Å². The van der Waals surface area contributed by atoms with E-state index in [2.05, 4.69) is 15.6 Å². The average molecular weight is 347 g/mol. The molecule has 3 amide bonds. The Hall–Kier alpha value is -2.60. The lowest BCUT2D eigenvalue weighted by Crippen LogP contribution is -2.37. The van der Waals surface area contributed by atoms with E-state index in [0.717, 1.165) is 5.69 Å². The van der Waals surface area contributed by atoms with E-state index in [1.54, 1.807) is 30.5 Å². The molecule has 1 aromatic carbocycles. The fourth-order valence-corrected chi connectivity index (χ4v) is 2.57. The molecule has 0 spiro atoms. The molecule has 126 valence electrons. The third-order valence-corrected chi connectivity index (χ3v) is 3.76. The number of urea groups is 1. The summed E-state index contributed by atoms with van der Waals surface area (Å²) in [6, 6.07) is 11.4. The van der Waals surface area contributed by atoms with Gasteiger partial charge in [0, 0.05) is 29.9 Å². The number of amides is 3. The normalized spacial score (nSPS) is 11.5. The lowest BCUT2D eigenvalue weighted by molar-refractivity contribution is -0.121. The topological polar surface area (TPSA) is 97.1 Å². The van der Waals surface area contributed by atoms with Crippen LogP contribution in [-0.2, 0) is 11.2 Å². The summed E-state index contributed by atoms with van der Waals surface area (Å²) in [4.78, 5) is 27.5. The Bertz CT molecular complexity index is 694. The molecule has 6 nitrogen and oxygen atoms in total. The summed E-state index contributed by atoms with van der Waals surface area (Å²) in [5.41, 5.74) is 6.75. The zero-order chi connectivity index (χ0) is 17.4. The number of carbonyl (C=O) groups excluding carboxylic acids is 2. The molecule has 0 aliphatic carbocycles. The number of nitrogens with one attached hydrogen (secondary N) is 2. The van der Waals surface area contributed by atoms with Crippen molar-refractivity contribution in [2.45, 2.75) is 18.9 Å². The van der Waals surface area contributed by atoms with Gasteiger partial charge in [0.25, 0.3) is 0 Å². The number of hydrogen-bond acceptors (Lipinski definition) is 3. The number of carbonyl (C=O) groups is 2. The highest BCUT2D eigenvalue weighted by molar-refractivity contribution is 6.31. The molecule has 7 heteroatoms. The van der Waals surface area contributed by atoms with Crippen molar-refractivity contribution in [2.75, 3.05) is 6.54 Å². The van der Waals surface area contributed by atoms with E-state index in [1.165, 1.54) is 0 Å². The fourth-order valence-electron chi connectivity index (χ4n) is 2.30. The molecule has 1 aromatic heterocycles. The second-order valence-electron chi connectivity index (χ2n) is 5.21. The van der Waals surface area contributed by atoms with Crippen molar-refractivity contribution in [1.82, 2.24) is 15.6 Å². The van der Waals surface area contributed by atoms with Crippen LogP contribution in [0.15, 0.2) is 48.7 Å². The van der Waals surface area contributed by atoms with Gasteiger partial charge in [-0.05, 0) is 23.8 Å². The maximum atomic E-state index is 12.1. The van der Waals surface area contributed by atoms with Gasteiger partial charge in [-0.1, -0.05) is 35.9 Å². The van der Waals surface area contributed by atoms with Gasteiger partial charge in [-0.15, -0.1) is 0 Å². The second-order valence-corrected chi connectivity index (χ2v) is 5.62. The minimum atomic E-state index is -0.707. The lowest BCUT2D eigenvalue weighted by atomic mass is 10.0. The quantitative estimate of drug-likeness (QED) is 0.716. The highest BCUT2D eigenvalue weighted by atomic mass is 35.5. The number of rotatable bonds is 7. The largest absolute Gasteiger partial charge is 0.356 e. The van der Waals surface area contributed by atoms with E-state index in [9.17, 15) is 9.59 Å². The van der Waals surface area contributed by atoms with Gasteiger partial charge in [0.2, 0.25) is 5.91 Å². The third kappa shape index (κ3) is 5.55. The Balaban J connectivity index is 1.92. The van der Waals surface area contributed by atoms with Crippen LogP contribution in [0.5, 0.6) is 0 Å². The monoisotopic (exact) mass is 346 g/mol. The molecule has 0 radical (unpaired) electrons. The number of nitrogens with two attached hydrogens (primary N) is 1. The molecular weight excluding hydrogens is 328 g/mol. The first-order chi connectivity index (χ1) is 11.6. The summed E-state index contributed by atoms with van der Waals surface area (Å²) in [6.45, 7) is 0.460. The van der Waals surface area contributed by atoms with Crippen LogP contribution in [0.3, 0.4) is 0 Å². The number of aromatic nitrogens is 1. The van der Waals surface area contributed by atoms with Crippen molar-refractivity contribution < 1.29 is 9.59 Å². The summed E-state index contributed by atoms with van der Waals surface area (Å²) < 4.78 is 0. The van der Waals surface area contributed by atoms with Gasteiger partial charge in [-0.25, -0.2) is 4.79 Å². The molecule has 0 saturated carbocycles. The number of nitrogens with zero attached hydrogens (tertiary/aromatic N) is 1. The van der Waals surface area contributed by atoms with Crippen LogP contribution in [0.2, 0.25) is 5.02 Å². The summed E-state index contributed by atoms with van der Waals surface area (Å²) in [5.74, 6) is -0.204. The molecule has 4 N–H and O–H groups in total. The van der Waals surface area contributed by atoms with Gasteiger partial charge in [-0.2, -0.15) is 0 Å². The Morgan fingerprint density at radius 2 is 1.92 bits per heavy atom. The summed E-state index contributed by atoms with van der Waals surface area (Å²) in [7, 11) is 0. The van der Waals surface area contributed by atoms with Gasteiger partial charge < -0.3 is 16.4 Å². The molecule has 2 aromatic rings. The van der Waals surface area contributed by atoms with E-state index in [0.29, 0.717) is 23.6 Å². The van der Waals surface area contributed by atoms with E-state index in [1.807, 2.05) is 18.2 Å².